The molecule has 0 radical (unpaired) electrons. The second-order valence-corrected chi connectivity index (χ2v) is 6.30. The molecule has 1 aromatic carbocycles. The van der Waals surface area contributed by atoms with Crippen molar-refractivity contribution in [3.05, 3.63) is 35.5 Å². The van der Waals surface area contributed by atoms with E-state index in [1.54, 1.807) is 29.2 Å². The quantitative estimate of drug-likeness (QED) is 0.738. The minimum Gasteiger partial charge on any atom is -0.466 e. The van der Waals surface area contributed by atoms with E-state index in [-0.39, 0.29) is 30.6 Å². The standard InChI is InChI=1S/C19H23N3O7/c1-26-17(23)15-11-29-12-22(16(15)18(24)27-2)14-5-3-4-13(10-14)20-19(25)21-6-8-28-9-7-21/h3-5,10H,6-9,11-12H2,1-2H3,(H,20,25). The topological polar surface area (TPSA) is 107 Å². The van der Waals surface area contributed by atoms with Gasteiger partial charge in [0.05, 0.1) is 39.6 Å². The van der Waals surface area contributed by atoms with E-state index in [2.05, 4.69) is 5.32 Å². The predicted octanol–water partition coefficient (Wildman–Crippen LogP) is 0.945. The molecule has 3 rings (SSSR count). The molecule has 0 unspecified atom stereocenters. The minimum atomic E-state index is -0.684. The highest BCUT2D eigenvalue weighted by Gasteiger charge is 2.32. The molecule has 10 heteroatoms. The van der Waals surface area contributed by atoms with E-state index in [0.29, 0.717) is 37.7 Å². The van der Waals surface area contributed by atoms with E-state index in [1.807, 2.05) is 0 Å². The maximum atomic E-state index is 12.4. The van der Waals surface area contributed by atoms with Crippen LogP contribution in [-0.2, 0) is 28.5 Å². The van der Waals surface area contributed by atoms with Gasteiger partial charge in [0.25, 0.3) is 0 Å². The monoisotopic (exact) mass is 405 g/mol. The molecular formula is C19H23N3O7. The summed E-state index contributed by atoms with van der Waals surface area (Å²) in [7, 11) is 2.46. The van der Waals surface area contributed by atoms with Gasteiger partial charge in [-0.25, -0.2) is 14.4 Å². The van der Waals surface area contributed by atoms with Crippen LogP contribution in [0.3, 0.4) is 0 Å². The lowest BCUT2D eigenvalue weighted by atomic mass is 10.1. The molecular weight excluding hydrogens is 382 g/mol. The van der Waals surface area contributed by atoms with Crippen molar-refractivity contribution in [1.82, 2.24) is 4.90 Å². The first-order valence-corrected chi connectivity index (χ1v) is 9.04. The Morgan fingerprint density at radius 1 is 1.03 bits per heavy atom. The van der Waals surface area contributed by atoms with Crippen LogP contribution in [0.2, 0.25) is 0 Å². The fourth-order valence-electron chi connectivity index (χ4n) is 3.07. The van der Waals surface area contributed by atoms with Gasteiger partial charge < -0.3 is 34.1 Å². The number of methoxy groups -OCH3 is 2. The van der Waals surface area contributed by atoms with Crippen LogP contribution in [0.5, 0.6) is 0 Å². The molecule has 2 amide bonds. The Bertz CT molecular complexity index is 818. The molecule has 0 aliphatic carbocycles. The molecule has 0 atom stereocenters. The Labute approximate surface area is 167 Å². The number of nitrogens with one attached hydrogen (secondary N) is 1. The molecule has 0 bridgehead atoms. The summed E-state index contributed by atoms with van der Waals surface area (Å²) in [5.74, 6) is -1.36. The van der Waals surface area contributed by atoms with E-state index < -0.39 is 11.9 Å². The van der Waals surface area contributed by atoms with Gasteiger partial charge in [-0.05, 0) is 18.2 Å². The van der Waals surface area contributed by atoms with Gasteiger partial charge in [0.1, 0.15) is 12.4 Å². The number of carbonyl (C=O) groups is 3. The van der Waals surface area contributed by atoms with Gasteiger partial charge in [0.15, 0.2) is 0 Å². The summed E-state index contributed by atoms with van der Waals surface area (Å²) in [6, 6.07) is 6.64. The zero-order chi connectivity index (χ0) is 20.8. The van der Waals surface area contributed by atoms with Gasteiger partial charge in [-0.1, -0.05) is 6.07 Å². The summed E-state index contributed by atoms with van der Waals surface area (Å²) < 4.78 is 20.3. The summed E-state index contributed by atoms with van der Waals surface area (Å²) in [5, 5.41) is 2.83. The Balaban J connectivity index is 1.86. The lowest BCUT2D eigenvalue weighted by molar-refractivity contribution is -0.140. The average molecular weight is 405 g/mol. The molecule has 2 aliphatic heterocycles. The summed E-state index contributed by atoms with van der Waals surface area (Å²) in [6.07, 6.45) is 0. The SMILES string of the molecule is COC(=O)C1=C(C(=O)OC)N(c2cccc(NC(=O)N3CCOCC3)c2)COC1. The smallest absolute Gasteiger partial charge is 0.355 e. The number of rotatable bonds is 4. The van der Waals surface area contributed by atoms with Crippen LogP contribution >= 0.6 is 0 Å². The molecule has 1 saturated heterocycles. The molecule has 10 nitrogen and oxygen atoms in total. The number of benzene rings is 1. The van der Waals surface area contributed by atoms with Crippen LogP contribution in [0.1, 0.15) is 0 Å². The van der Waals surface area contributed by atoms with Crippen molar-refractivity contribution in [1.29, 1.82) is 0 Å². The number of hydrogen-bond donors (Lipinski definition) is 1. The normalized spacial score (nSPS) is 17.0. The van der Waals surface area contributed by atoms with Crippen LogP contribution in [0.25, 0.3) is 0 Å². The lowest BCUT2D eigenvalue weighted by Gasteiger charge is -2.31. The van der Waals surface area contributed by atoms with Crippen molar-refractivity contribution in [3.8, 4) is 0 Å². The van der Waals surface area contributed by atoms with Crippen LogP contribution in [0.4, 0.5) is 16.2 Å². The van der Waals surface area contributed by atoms with Crippen molar-refractivity contribution < 1.29 is 33.3 Å². The summed E-state index contributed by atoms with van der Waals surface area (Å²) in [6.45, 7) is 2.00. The molecule has 1 N–H and O–H groups in total. The van der Waals surface area contributed by atoms with Crippen LogP contribution < -0.4 is 10.2 Å². The van der Waals surface area contributed by atoms with Crippen molar-refractivity contribution in [2.24, 2.45) is 0 Å². The zero-order valence-electron chi connectivity index (χ0n) is 16.3. The highest BCUT2D eigenvalue weighted by Crippen LogP contribution is 2.28. The van der Waals surface area contributed by atoms with Crippen LogP contribution in [0, 0.1) is 0 Å². The first kappa shape index (κ1) is 20.6. The van der Waals surface area contributed by atoms with Gasteiger partial charge in [-0.3, -0.25) is 0 Å². The van der Waals surface area contributed by atoms with E-state index in [9.17, 15) is 14.4 Å². The number of carbonyl (C=O) groups excluding carboxylic acids is 3. The molecule has 0 aromatic heterocycles. The maximum Gasteiger partial charge on any atom is 0.355 e. The van der Waals surface area contributed by atoms with E-state index in [4.69, 9.17) is 18.9 Å². The molecule has 0 saturated carbocycles. The van der Waals surface area contributed by atoms with Crippen LogP contribution in [-0.4, -0.2) is 76.7 Å². The fourth-order valence-corrected chi connectivity index (χ4v) is 3.07. The van der Waals surface area contributed by atoms with E-state index in [1.165, 1.54) is 19.1 Å². The van der Waals surface area contributed by atoms with Crippen molar-refractivity contribution in [2.45, 2.75) is 0 Å². The van der Waals surface area contributed by atoms with Gasteiger partial charge in [-0.2, -0.15) is 0 Å². The number of ether oxygens (including phenoxy) is 4. The fraction of sp³-hybridized carbons (Fsp3) is 0.421. The number of hydrogen-bond acceptors (Lipinski definition) is 8. The molecule has 1 fully saturated rings. The number of anilines is 2. The second kappa shape index (κ2) is 9.39. The first-order chi connectivity index (χ1) is 14.0. The molecule has 29 heavy (non-hydrogen) atoms. The maximum absolute atomic E-state index is 12.4. The van der Waals surface area contributed by atoms with Crippen molar-refractivity contribution in [3.63, 3.8) is 0 Å². The highest BCUT2D eigenvalue weighted by molar-refractivity contribution is 6.03. The minimum absolute atomic E-state index is 0.0335. The third-order valence-corrected chi connectivity index (χ3v) is 4.54. The first-order valence-electron chi connectivity index (χ1n) is 9.04. The summed E-state index contributed by atoms with van der Waals surface area (Å²) >= 11 is 0. The third kappa shape index (κ3) is 4.66. The van der Waals surface area contributed by atoms with Crippen LogP contribution in [0.15, 0.2) is 35.5 Å². The molecule has 0 spiro atoms. The predicted molar refractivity (Wildman–Crippen MR) is 102 cm³/mol. The van der Waals surface area contributed by atoms with Gasteiger partial charge >= 0.3 is 18.0 Å². The average Bonchev–Trinajstić information content (AvgIpc) is 2.78. The molecule has 2 heterocycles. The van der Waals surface area contributed by atoms with E-state index >= 15 is 0 Å². The number of urea groups is 1. The summed E-state index contributed by atoms with van der Waals surface area (Å²) in [5.41, 5.74) is 1.19. The van der Waals surface area contributed by atoms with Crippen molar-refractivity contribution in [2.75, 3.05) is 64.1 Å². The van der Waals surface area contributed by atoms with Gasteiger partial charge in [-0.15, -0.1) is 0 Å². The lowest BCUT2D eigenvalue weighted by Crippen LogP contribution is -2.43. The molecule has 1 aromatic rings. The molecule has 2 aliphatic rings. The number of amides is 2. The Hall–Kier alpha value is -3.11. The number of nitrogens with zero attached hydrogens (tertiary/aromatic N) is 2. The van der Waals surface area contributed by atoms with E-state index in [0.717, 1.165) is 0 Å². The Morgan fingerprint density at radius 2 is 1.76 bits per heavy atom. The molecule has 156 valence electrons. The Morgan fingerprint density at radius 3 is 2.45 bits per heavy atom. The largest absolute Gasteiger partial charge is 0.466 e. The van der Waals surface area contributed by atoms with Gasteiger partial charge in [0.2, 0.25) is 0 Å². The number of morpholine rings is 1. The van der Waals surface area contributed by atoms with Gasteiger partial charge in [0, 0.05) is 24.5 Å². The summed E-state index contributed by atoms with van der Waals surface area (Å²) in [4.78, 5) is 40.1. The third-order valence-electron chi connectivity index (χ3n) is 4.54. The highest BCUT2D eigenvalue weighted by atomic mass is 16.5. The number of esters is 2. The van der Waals surface area contributed by atoms with Crippen molar-refractivity contribution >= 4 is 29.3 Å². The second-order valence-electron chi connectivity index (χ2n) is 6.30. The Kier molecular flexibility index (Phi) is 6.68. The zero-order valence-corrected chi connectivity index (χ0v) is 16.3.